The Kier molecular flexibility index (Phi) is 3.14. The van der Waals surface area contributed by atoms with Gasteiger partial charge in [-0.05, 0) is 54.3 Å². The topological polar surface area (TPSA) is 4.93 Å². The third-order valence-corrected chi connectivity index (χ3v) is 5.41. The standard InChI is InChI=1S/C22H16BrN/c23-16-12-13-22-19(14-16)18-9-3-4-10-21(18)24(22)20-11-5-7-15-6-1-2-8-17(15)20/h1,3-7,9-14H,2,8H2. The molecule has 0 aliphatic heterocycles. The minimum Gasteiger partial charge on any atom is -0.309 e. The number of hydrogen-bond acceptors (Lipinski definition) is 0. The fourth-order valence-electron chi connectivity index (χ4n) is 3.87. The van der Waals surface area contributed by atoms with Crippen molar-refractivity contribution in [2.24, 2.45) is 0 Å². The highest BCUT2D eigenvalue weighted by atomic mass is 79.9. The first-order valence-corrected chi connectivity index (χ1v) is 9.10. The molecule has 0 bridgehead atoms. The molecule has 2 heteroatoms. The van der Waals surface area contributed by atoms with Crippen molar-refractivity contribution in [2.75, 3.05) is 0 Å². The summed E-state index contributed by atoms with van der Waals surface area (Å²) in [5.74, 6) is 0. The quantitative estimate of drug-likeness (QED) is 0.358. The van der Waals surface area contributed by atoms with E-state index in [0.29, 0.717) is 0 Å². The molecule has 4 aromatic rings. The number of aromatic nitrogens is 1. The number of halogens is 1. The van der Waals surface area contributed by atoms with Crippen molar-refractivity contribution in [3.05, 3.63) is 82.3 Å². The van der Waals surface area contributed by atoms with E-state index in [1.165, 1.54) is 38.6 Å². The molecule has 0 spiro atoms. The van der Waals surface area contributed by atoms with Gasteiger partial charge in [-0.15, -0.1) is 0 Å². The Balaban J connectivity index is 1.95. The Hall–Kier alpha value is -2.32. The summed E-state index contributed by atoms with van der Waals surface area (Å²) in [6.07, 6.45) is 6.75. The van der Waals surface area contributed by atoms with Gasteiger partial charge in [-0.3, -0.25) is 0 Å². The van der Waals surface area contributed by atoms with E-state index in [-0.39, 0.29) is 0 Å². The van der Waals surface area contributed by atoms with Gasteiger partial charge in [0.1, 0.15) is 0 Å². The molecule has 24 heavy (non-hydrogen) atoms. The van der Waals surface area contributed by atoms with Crippen LogP contribution in [0.2, 0.25) is 0 Å². The van der Waals surface area contributed by atoms with Gasteiger partial charge in [-0.1, -0.05) is 58.4 Å². The van der Waals surface area contributed by atoms with Gasteiger partial charge in [-0.2, -0.15) is 0 Å². The SMILES string of the molecule is Brc1ccc2c(c1)c1ccccc1n2-c1cccc2c1CCC=C2. The maximum atomic E-state index is 3.63. The van der Waals surface area contributed by atoms with E-state index in [0.717, 1.165) is 17.3 Å². The molecular formula is C22H16BrN. The zero-order valence-corrected chi connectivity index (χ0v) is 14.8. The predicted octanol–water partition coefficient (Wildman–Crippen LogP) is 6.51. The number of nitrogens with zero attached hydrogens (tertiary/aromatic N) is 1. The van der Waals surface area contributed by atoms with E-state index in [1.54, 1.807) is 0 Å². The Morgan fingerprint density at radius 2 is 1.71 bits per heavy atom. The highest BCUT2D eigenvalue weighted by Crippen LogP contribution is 2.36. The van der Waals surface area contributed by atoms with Crippen LogP contribution in [0.5, 0.6) is 0 Å². The van der Waals surface area contributed by atoms with E-state index in [1.807, 2.05) is 0 Å². The fraction of sp³-hybridized carbons (Fsp3) is 0.0909. The Morgan fingerprint density at radius 1 is 0.833 bits per heavy atom. The number of para-hydroxylation sites is 1. The van der Waals surface area contributed by atoms with Gasteiger partial charge in [0, 0.05) is 20.9 Å². The largest absolute Gasteiger partial charge is 0.309 e. The van der Waals surface area contributed by atoms with Crippen LogP contribution in [0.4, 0.5) is 0 Å². The number of hydrogen-bond donors (Lipinski definition) is 0. The molecule has 0 radical (unpaired) electrons. The molecule has 0 unspecified atom stereocenters. The smallest absolute Gasteiger partial charge is 0.0541 e. The first-order valence-electron chi connectivity index (χ1n) is 8.30. The van der Waals surface area contributed by atoms with Crippen molar-refractivity contribution in [1.82, 2.24) is 4.57 Å². The molecule has 5 rings (SSSR count). The summed E-state index contributed by atoms with van der Waals surface area (Å²) in [6, 6.07) is 21.9. The van der Waals surface area contributed by atoms with Crippen LogP contribution >= 0.6 is 15.9 Å². The van der Waals surface area contributed by atoms with Crippen molar-refractivity contribution in [3.8, 4) is 5.69 Å². The van der Waals surface area contributed by atoms with Gasteiger partial charge in [0.05, 0.1) is 11.0 Å². The number of fused-ring (bicyclic) bond motifs is 4. The minimum atomic E-state index is 1.10. The lowest BCUT2D eigenvalue weighted by molar-refractivity contribution is 0.961. The molecule has 0 atom stereocenters. The molecule has 0 fully saturated rings. The number of allylic oxidation sites excluding steroid dienone is 1. The van der Waals surface area contributed by atoms with Gasteiger partial charge in [0.25, 0.3) is 0 Å². The van der Waals surface area contributed by atoms with E-state index in [4.69, 9.17) is 0 Å². The lowest BCUT2D eigenvalue weighted by Crippen LogP contribution is -2.03. The Bertz CT molecular complexity index is 1120. The molecule has 1 aliphatic carbocycles. The van der Waals surface area contributed by atoms with E-state index in [2.05, 4.69) is 93.3 Å². The second-order valence-corrected chi connectivity index (χ2v) is 7.22. The van der Waals surface area contributed by atoms with E-state index in [9.17, 15) is 0 Å². The third kappa shape index (κ3) is 1.99. The zero-order valence-electron chi connectivity index (χ0n) is 13.2. The summed E-state index contributed by atoms with van der Waals surface area (Å²) in [5, 5.41) is 2.60. The Labute approximate surface area is 149 Å². The number of benzene rings is 3. The first-order chi connectivity index (χ1) is 11.8. The molecule has 0 amide bonds. The van der Waals surface area contributed by atoms with Crippen molar-refractivity contribution in [1.29, 1.82) is 0 Å². The van der Waals surface area contributed by atoms with Crippen LogP contribution in [0.15, 0.2) is 71.2 Å². The van der Waals surface area contributed by atoms with Crippen LogP contribution in [-0.2, 0) is 6.42 Å². The van der Waals surface area contributed by atoms with Crippen LogP contribution < -0.4 is 0 Å². The minimum absolute atomic E-state index is 1.10. The molecule has 0 saturated heterocycles. The predicted molar refractivity (Wildman–Crippen MR) is 106 cm³/mol. The lowest BCUT2D eigenvalue weighted by atomic mass is 9.95. The highest BCUT2D eigenvalue weighted by Gasteiger charge is 2.16. The van der Waals surface area contributed by atoms with Gasteiger partial charge in [0.2, 0.25) is 0 Å². The first kappa shape index (κ1) is 14.1. The number of rotatable bonds is 1. The van der Waals surface area contributed by atoms with Crippen LogP contribution in [0, 0.1) is 0 Å². The van der Waals surface area contributed by atoms with Gasteiger partial charge < -0.3 is 4.57 Å². The normalized spacial score (nSPS) is 13.5. The van der Waals surface area contributed by atoms with Crippen molar-refractivity contribution in [2.45, 2.75) is 12.8 Å². The molecular weight excluding hydrogens is 358 g/mol. The van der Waals surface area contributed by atoms with Crippen LogP contribution in [-0.4, -0.2) is 4.57 Å². The summed E-state index contributed by atoms with van der Waals surface area (Å²) in [7, 11) is 0. The van der Waals surface area contributed by atoms with Crippen molar-refractivity contribution < 1.29 is 0 Å². The fourth-order valence-corrected chi connectivity index (χ4v) is 4.23. The van der Waals surface area contributed by atoms with Gasteiger partial charge >= 0.3 is 0 Å². The summed E-state index contributed by atoms with van der Waals surface area (Å²) < 4.78 is 3.55. The molecule has 1 aliphatic rings. The maximum absolute atomic E-state index is 3.63. The van der Waals surface area contributed by atoms with Gasteiger partial charge in [-0.25, -0.2) is 0 Å². The molecule has 1 nitrogen and oxygen atoms in total. The van der Waals surface area contributed by atoms with Crippen molar-refractivity contribution >= 4 is 43.8 Å². The average Bonchev–Trinajstić information content (AvgIpc) is 2.95. The van der Waals surface area contributed by atoms with E-state index >= 15 is 0 Å². The lowest BCUT2D eigenvalue weighted by Gasteiger charge is -2.18. The molecule has 1 aromatic heterocycles. The highest BCUT2D eigenvalue weighted by molar-refractivity contribution is 9.10. The van der Waals surface area contributed by atoms with Gasteiger partial charge in [0.15, 0.2) is 0 Å². The van der Waals surface area contributed by atoms with Crippen LogP contribution in [0.3, 0.4) is 0 Å². The zero-order chi connectivity index (χ0) is 16.1. The molecule has 0 N–H and O–H groups in total. The molecule has 0 saturated carbocycles. The van der Waals surface area contributed by atoms with E-state index < -0.39 is 0 Å². The molecule has 1 heterocycles. The van der Waals surface area contributed by atoms with Crippen LogP contribution in [0.25, 0.3) is 33.6 Å². The third-order valence-electron chi connectivity index (χ3n) is 4.92. The van der Waals surface area contributed by atoms with Crippen molar-refractivity contribution in [3.63, 3.8) is 0 Å². The summed E-state index contributed by atoms with van der Waals surface area (Å²) in [6.45, 7) is 0. The maximum Gasteiger partial charge on any atom is 0.0541 e. The molecule has 3 aromatic carbocycles. The van der Waals surface area contributed by atoms with Crippen LogP contribution in [0.1, 0.15) is 17.5 Å². The molecule has 116 valence electrons. The second-order valence-electron chi connectivity index (χ2n) is 6.30. The monoisotopic (exact) mass is 373 g/mol. The average molecular weight is 374 g/mol. The Morgan fingerprint density at radius 3 is 2.67 bits per heavy atom. The summed E-state index contributed by atoms with van der Waals surface area (Å²) >= 11 is 3.63. The summed E-state index contributed by atoms with van der Waals surface area (Å²) in [4.78, 5) is 0. The second kappa shape index (κ2) is 5.35. The summed E-state index contributed by atoms with van der Waals surface area (Å²) in [5.41, 5.74) is 6.65.